The van der Waals surface area contributed by atoms with Crippen molar-refractivity contribution >= 4 is 17.7 Å². The Kier molecular flexibility index (Phi) is 6.38. The molecule has 3 aromatic rings. The molecule has 35 heavy (non-hydrogen) atoms. The van der Waals surface area contributed by atoms with E-state index in [1.165, 1.54) is 42.5 Å². The second kappa shape index (κ2) is 9.43. The fourth-order valence-corrected chi connectivity index (χ4v) is 3.84. The van der Waals surface area contributed by atoms with E-state index < -0.39 is 30.4 Å². The van der Waals surface area contributed by atoms with Crippen LogP contribution < -0.4 is 0 Å². The molecule has 0 aliphatic carbocycles. The van der Waals surface area contributed by atoms with Gasteiger partial charge in [0.15, 0.2) is 0 Å². The molecule has 0 aromatic heterocycles. The number of nitrogens with zero attached hydrogens (tertiary/aromatic N) is 3. The number of hydrogen-bond donors (Lipinski definition) is 0. The highest BCUT2D eigenvalue weighted by Crippen LogP contribution is 2.27. The fraction of sp³-hybridized carbons (Fsp3) is 0.154. The highest BCUT2D eigenvalue weighted by Gasteiger charge is 2.37. The number of fused-ring (bicyclic) bond motifs is 1. The third-order valence-electron chi connectivity index (χ3n) is 5.51. The Morgan fingerprint density at radius 3 is 2.17 bits per heavy atom. The number of amides is 3. The van der Waals surface area contributed by atoms with Gasteiger partial charge in [0, 0.05) is 12.1 Å². The zero-order valence-corrected chi connectivity index (χ0v) is 18.2. The molecular weight excluding hydrogens is 459 g/mol. The van der Waals surface area contributed by atoms with E-state index in [-0.39, 0.29) is 29.8 Å². The molecule has 0 N–H and O–H groups in total. The van der Waals surface area contributed by atoms with Gasteiger partial charge in [-0.1, -0.05) is 42.5 Å². The summed E-state index contributed by atoms with van der Waals surface area (Å²) in [7, 11) is 0. The molecule has 1 aliphatic rings. The van der Waals surface area contributed by atoms with Crippen LogP contribution in [0.15, 0.2) is 72.8 Å². The van der Waals surface area contributed by atoms with Crippen molar-refractivity contribution in [1.82, 2.24) is 9.80 Å². The molecule has 0 atom stereocenters. The van der Waals surface area contributed by atoms with Gasteiger partial charge in [0.25, 0.3) is 17.7 Å². The summed E-state index contributed by atoms with van der Waals surface area (Å²) in [6.45, 7) is -1.82. The lowest BCUT2D eigenvalue weighted by Crippen LogP contribution is -2.38. The Morgan fingerprint density at radius 2 is 1.54 bits per heavy atom. The van der Waals surface area contributed by atoms with Crippen molar-refractivity contribution in [3.05, 3.63) is 106 Å². The number of rotatable bonds is 6. The average molecular weight is 477 g/mol. The number of benzene rings is 3. The fourth-order valence-electron chi connectivity index (χ4n) is 3.84. The number of alkyl halides is 3. The first-order valence-electron chi connectivity index (χ1n) is 10.6. The Hall–Kier alpha value is -4.45. The number of carbonyl (C=O) groups is 3. The van der Waals surface area contributed by atoms with E-state index in [1.54, 1.807) is 30.3 Å². The summed E-state index contributed by atoms with van der Waals surface area (Å²) >= 11 is 0. The topological polar surface area (TPSA) is 81.5 Å². The molecule has 0 saturated carbocycles. The van der Waals surface area contributed by atoms with Gasteiger partial charge in [0.1, 0.15) is 6.54 Å². The first kappa shape index (κ1) is 23.7. The molecule has 4 rings (SSSR count). The first-order valence-corrected chi connectivity index (χ1v) is 10.6. The molecule has 1 aliphatic heterocycles. The van der Waals surface area contributed by atoms with Crippen molar-refractivity contribution in [3.63, 3.8) is 0 Å². The summed E-state index contributed by atoms with van der Waals surface area (Å²) in [6, 6.07) is 20.3. The minimum absolute atomic E-state index is 0.0258. The van der Waals surface area contributed by atoms with Crippen LogP contribution in [0.25, 0.3) is 0 Å². The standard InChI is InChI=1S/C26H18F3N3O3/c27-26(28,29)16-31(14-19-8-6-17(13-30)7-9-19)23(33)20-10-11-21-22(12-20)25(35)32(24(21)34)15-18-4-2-1-3-5-18/h1-12H,14-16H2. The zero-order valence-electron chi connectivity index (χ0n) is 18.2. The van der Waals surface area contributed by atoms with Gasteiger partial charge in [-0.15, -0.1) is 0 Å². The van der Waals surface area contributed by atoms with Gasteiger partial charge >= 0.3 is 6.18 Å². The summed E-state index contributed by atoms with van der Waals surface area (Å²) in [5.74, 6) is -2.08. The lowest BCUT2D eigenvalue weighted by molar-refractivity contribution is -0.141. The quantitative estimate of drug-likeness (QED) is 0.488. The smallest absolute Gasteiger partial charge is 0.325 e. The summed E-state index contributed by atoms with van der Waals surface area (Å²) in [5.41, 5.74) is 1.41. The van der Waals surface area contributed by atoms with E-state index in [0.29, 0.717) is 16.0 Å². The Morgan fingerprint density at radius 1 is 0.886 bits per heavy atom. The number of halogens is 3. The first-order chi connectivity index (χ1) is 16.7. The second-order valence-corrected chi connectivity index (χ2v) is 8.03. The summed E-state index contributed by atoms with van der Waals surface area (Å²) in [5, 5.41) is 8.90. The molecule has 176 valence electrons. The summed E-state index contributed by atoms with van der Waals surface area (Å²) < 4.78 is 39.8. The van der Waals surface area contributed by atoms with Gasteiger partial charge < -0.3 is 4.90 Å². The number of imide groups is 1. The van der Waals surface area contributed by atoms with Crippen molar-refractivity contribution in [1.29, 1.82) is 5.26 Å². The van der Waals surface area contributed by atoms with E-state index in [2.05, 4.69) is 0 Å². The molecule has 0 fully saturated rings. The Bertz CT molecular complexity index is 1330. The van der Waals surface area contributed by atoms with Crippen LogP contribution in [0.2, 0.25) is 0 Å². The minimum atomic E-state index is -4.66. The maximum atomic E-state index is 13.3. The predicted octanol–water partition coefficient (Wildman–Crippen LogP) is 4.56. The largest absolute Gasteiger partial charge is 0.406 e. The van der Waals surface area contributed by atoms with Gasteiger partial charge in [0.05, 0.1) is 29.3 Å². The van der Waals surface area contributed by atoms with Crippen molar-refractivity contribution in [3.8, 4) is 6.07 Å². The zero-order chi connectivity index (χ0) is 25.2. The van der Waals surface area contributed by atoms with Crippen LogP contribution in [0.5, 0.6) is 0 Å². The molecule has 0 unspecified atom stereocenters. The molecule has 1 heterocycles. The third-order valence-corrected chi connectivity index (χ3v) is 5.51. The summed E-state index contributed by atoms with van der Waals surface area (Å²) in [4.78, 5) is 40.4. The maximum absolute atomic E-state index is 13.3. The van der Waals surface area contributed by atoms with Crippen LogP contribution in [0.1, 0.15) is 47.8 Å². The van der Waals surface area contributed by atoms with E-state index in [0.717, 1.165) is 10.5 Å². The predicted molar refractivity (Wildman–Crippen MR) is 119 cm³/mol. The molecule has 0 spiro atoms. The van der Waals surface area contributed by atoms with Crippen molar-refractivity contribution < 1.29 is 27.6 Å². The van der Waals surface area contributed by atoms with Gasteiger partial charge in [-0.2, -0.15) is 18.4 Å². The van der Waals surface area contributed by atoms with Crippen LogP contribution in [0.4, 0.5) is 13.2 Å². The lowest BCUT2D eigenvalue weighted by Gasteiger charge is -2.24. The molecular formula is C26H18F3N3O3. The normalized spacial score (nSPS) is 12.9. The minimum Gasteiger partial charge on any atom is -0.325 e. The monoisotopic (exact) mass is 477 g/mol. The van der Waals surface area contributed by atoms with E-state index in [1.807, 2.05) is 6.07 Å². The number of carbonyl (C=O) groups excluding carboxylic acids is 3. The maximum Gasteiger partial charge on any atom is 0.406 e. The van der Waals surface area contributed by atoms with Gasteiger partial charge in [-0.25, -0.2) is 0 Å². The second-order valence-electron chi connectivity index (χ2n) is 8.03. The van der Waals surface area contributed by atoms with Gasteiger partial charge in [-0.3, -0.25) is 19.3 Å². The molecule has 6 nitrogen and oxygen atoms in total. The van der Waals surface area contributed by atoms with E-state index in [9.17, 15) is 27.6 Å². The molecule has 3 aromatic carbocycles. The summed E-state index contributed by atoms with van der Waals surface area (Å²) in [6.07, 6.45) is -4.66. The van der Waals surface area contributed by atoms with Crippen LogP contribution in [0, 0.1) is 11.3 Å². The molecule has 9 heteroatoms. The third kappa shape index (κ3) is 5.22. The van der Waals surface area contributed by atoms with E-state index in [4.69, 9.17) is 5.26 Å². The highest BCUT2D eigenvalue weighted by atomic mass is 19.4. The van der Waals surface area contributed by atoms with Gasteiger partial charge in [0.2, 0.25) is 0 Å². The lowest BCUT2D eigenvalue weighted by atomic mass is 10.0. The average Bonchev–Trinajstić information content (AvgIpc) is 3.07. The molecule has 0 radical (unpaired) electrons. The van der Waals surface area contributed by atoms with Crippen molar-refractivity contribution in [2.45, 2.75) is 19.3 Å². The Labute approximate surface area is 198 Å². The van der Waals surface area contributed by atoms with Crippen LogP contribution in [0.3, 0.4) is 0 Å². The molecule has 3 amide bonds. The van der Waals surface area contributed by atoms with Crippen LogP contribution in [-0.2, 0) is 13.1 Å². The van der Waals surface area contributed by atoms with E-state index >= 15 is 0 Å². The van der Waals surface area contributed by atoms with Crippen LogP contribution >= 0.6 is 0 Å². The number of nitriles is 1. The van der Waals surface area contributed by atoms with Crippen molar-refractivity contribution in [2.75, 3.05) is 6.54 Å². The van der Waals surface area contributed by atoms with Crippen LogP contribution in [-0.4, -0.2) is 40.2 Å². The molecule has 0 bridgehead atoms. The SMILES string of the molecule is N#Cc1ccc(CN(CC(F)(F)F)C(=O)c2ccc3c(c2)C(=O)N(Cc2ccccc2)C3=O)cc1. The molecule has 0 saturated heterocycles. The van der Waals surface area contributed by atoms with Crippen molar-refractivity contribution in [2.24, 2.45) is 0 Å². The number of hydrogen-bond acceptors (Lipinski definition) is 4. The Balaban J connectivity index is 1.60. The van der Waals surface area contributed by atoms with Gasteiger partial charge in [-0.05, 0) is 41.5 Å². The highest BCUT2D eigenvalue weighted by molar-refractivity contribution is 6.22.